The minimum absolute atomic E-state index is 0.471. The van der Waals surface area contributed by atoms with E-state index in [0.717, 1.165) is 19.0 Å². The summed E-state index contributed by atoms with van der Waals surface area (Å²) in [5, 5.41) is 3.42. The smallest absolute Gasteiger partial charge is 0.0417 e. The fraction of sp³-hybridized carbons (Fsp3) is 0.600. The van der Waals surface area contributed by atoms with Crippen LogP contribution >= 0.6 is 0 Å². The first kappa shape index (κ1) is 12.4. The average Bonchev–Trinajstić information content (AvgIpc) is 3.18. The van der Waals surface area contributed by atoms with Crippen LogP contribution in [0, 0.1) is 0 Å². The van der Waals surface area contributed by atoms with E-state index in [-0.39, 0.29) is 0 Å². The van der Waals surface area contributed by atoms with Crippen molar-refractivity contribution in [1.82, 2.24) is 5.32 Å². The Morgan fingerprint density at radius 1 is 1.29 bits per heavy atom. The predicted octanol–water partition coefficient (Wildman–Crippen LogP) is 3.35. The van der Waals surface area contributed by atoms with E-state index in [9.17, 15) is 0 Å². The average molecular weight is 232 g/mol. The summed E-state index contributed by atoms with van der Waals surface area (Å²) < 4.78 is 0. The summed E-state index contributed by atoms with van der Waals surface area (Å²) in [6.45, 7) is 5.61. The van der Waals surface area contributed by atoms with Crippen LogP contribution in [0.1, 0.15) is 44.7 Å². The largest absolute Gasteiger partial charge is 0.369 e. The molecule has 2 nitrogen and oxygen atoms in total. The van der Waals surface area contributed by atoms with Crippen LogP contribution in [0.2, 0.25) is 0 Å². The number of anilines is 1. The second-order valence-corrected chi connectivity index (χ2v) is 4.83. The Labute approximate surface area is 105 Å². The first-order valence-corrected chi connectivity index (χ1v) is 6.84. The second kappa shape index (κ2) is 5.54. The molecule has 1 aromatic carbocycles. The number of rotatable bonds is 6. The summed E-state index contributed by atoms with van der Waals surface area (Å²) in [5.74, 6) is 0. The lowest BCUT2D eigenvalue weighted by Crippen LogP contribution is -2.28. The normalized spacial score (nSPS) is 16.9. The zero-order valence-electron chi connectivity index (χ0n) is 11.2. The molecule has 0 spiro atoms. The minimum Gasteiger partial charge on any atom is -0.369 e. The Balaban J connectivity index is 2.31. The molecule has 1 N–H and O–H groups in total. The van der Waals surface area contributed by atoms with Gasteiger partial charge in [0.15, 0.2) is 0 Å². The number of hydrogen-bond donors (Lipinski definition) is 1. The molecule has 2 heteroatoms. The number of para-hydroxylation sites is 1. The van der Waals surface area contributed by atoms with Crippen molar-refractivity contribution in [3.05, 3.63) is 29.8 Å². The van der Waals surface area contributed by atoms with Gasteiger partial charge in [0.1, 0.15) is 0 Å². The van der Waals surface area contributed by atoms with Crippen molar-refractivity contribution in [2.24, 2.45) is 0 Å². The van der Waals surface area contributed by atoms with Gasteiger partial charge >= 0.3 is 0 Å². The maximum absolute atomic E-state index is 3.42. The molecule has 1 aliphatic carbocycles. The molecule has 94 valence electrons. The van der Waals surface area contributed by atoms with Crippen LogP contribution in [0.5, 0.6) is 0 Å². The molecule has 1 aliphatic rings. The van der Waals surface area contributed by atoms with Crippen LogP contribution in [0.3, 0.4) is 0 Å². The van der Waals surface area contributed by atoms with Gasteiger partial charge in [0.25, 0.3) is 0 Å². The Bertz CT molecular complexity index is 354. The summed E-state index contributed by atoms with van der Waals surface area (Å²) in [5.41, 5.74) is 2.88. The van der Waals surface area contributed by atoms with Crippen LogP contribution in [0.4, 0.5) is 5.69 Å². The number of nitrogens with one attached hydrogen (secondary N) is 1. The molecule has 0 radical (unpaired) electrons. The van der Waals surface area contributed by atoms with Crippen molar-refractivity contribution in [1.29, 1.82) is 0 Å². The molecular weight excluding hydrogens is 208 g/mol. The lowest BCUT2D eigenvalue weighted by Gasteiger charge is -2.28. The van der Waals surface area contributed by atoms with E-state index in [2.05, 4.69) is 55.4 Å². The van der Waals surface area contributed by atoms with Gasteiger partial charge in [0, 0.05) is 24.3 Å². The summed E-state index contributed by atoms with van der Waals surface area (Å²) in [6, 6.07) is 10.1. The van der Waals surface area contributed by atoms with E-state index >= 15 is 0 Å². The third-order valence-electron chi connectivity index (χ3n) is 3.71. The maximum atomic E-state index is 3.42. The standard InChI is InChI=1S/C15H24N2/c1-4-14(16-3)13-8-6-7-9-15(13)17(5-2)12-10-11-12/h6-9,12,14,16H,4-5,10-11H2,1-3H3. The highest BCUT2D eigenvalue weighted by atomic mass is 15.2. The van der Waals surface area contributed by atoms with E-state index in [1.165, 1.54) is 24.1 Å². The topological polar surface area (TPSA) is 15.3 Å². The quantitative estimate of drug-likeness (QED) is 0.809. The van der Waals surface area contributed by atoms with E-state index in [1.54, 1.807) is 0 Å². The van der Waals surface area contributed by atoms with Crippen molar-refractivity contribution >= 4 is 5.69 Å². The van der Waals surface area contributed by atoms with Gasteiger partial charge in [-0.2, -0.15) is 0 Å². The number of nitrogens with zero attached hydrogens (tertiary/aromatic N) is 1. The Morgan fingerprint density at radius 3 is 2.53 bits per heavy atom. The highest BCUT2D eigenvalue weighted by Gasteiger charge is 2.29. The van der Waals surface area contributed by atoms with Gasteiger partial charge in [-0.25, -0.2) is 0 Å². The molecule has 0 aromatic heterocycles. The fourth-order valence-corrected chi connectivity index (χ4v) is 2.63. The van der Waals surface area contributed by atoms with Crippen LogP contribution in [0.15, 0.2) is 24.3 Å². The Morgan fingerprint density at radius 2 is 2.00 bits per heavy atom. The van der Waals surface area contributed by atoms with Gasteiger partial charge in [-0.1, -0.05) is 25.1 Å². The summed E-state index contributed by atoms with van der Waals surface area (Å²) in [4.78, 5) is 2.56. The molecule has 1 saturated carbocycles. The molecule has 0 bridgehead atoms. The zero-order valence-corrected chi connectivity index (χ0v) is 11.2. The summed E-state index contributed by atoms with van der Waals surface area (Å²) in [6.07, 6.45) is 3.85. The highest BCUT2D eigenvalue weighted by Crippen LogP contribution is 2.35. The Hall–Kier alpha value is -1.02. The molecule has 2 rings (SSSR count). The van der Waals surface area contributed by atoms with Gasteiger partial charge in [-0.05, 0) is 44.9 Å². The SMILES string of the molecule is CCC(NC)c1ccccc1N(CC)C1CC1. The number of hydrogen-bond acceptors (Lipinski definition) is 2. The van der Waals surface area contributed by atoms with Gasteiger partial charge < -0.3 is 10.2 Å². The van der Waals surface area contributed by atoms with E-state index in [1.807, 2.05) is 0 Å². The Kier molecular flexibility index (Phi) is 4.06. The third kappa shape index (κ3) is 2.63. The lowest BCUT2D eigenvalue weighted by molar-refractivity contribution is 0.574. The molecule has 0 amide bonds. The monoisotopic (exact) mass is 232 g/mol. The molecule has 17 heavy (non-hydrogen) atoms. The summed E-state index contributed by atoms with van der Waals surface area (Å²) in [7, 11) is 2.05. The van der Waals surface area contributed by atoms with E-state index in [4.69, 9.17) is 0 Å². The summed E-state index contributed by atoms with van der Waals surface area (Å²) >= 11 is 0. The zero-order chi connectivity index (χ0) is 12.3. The number of benzene rings is 1. The lowest BCUT2D eigenvalue weighted by atomic mass is 10.0. The van der Waals surface area contributed by atoms with Crippen molar-refractivity contribution in [2.45, 2.75) is 45.2 Å². The van der Waals surface area contributed by atoms with E-state index < -0.39 is 0 Å². The third-order valence-corrected chi connectivity index (χ3v) is 3.71. The van der Waals surface area contributed by atoms with Gasteiger partial charge in [-0.3, -0.25) is 0 Å². The molecule has 1 aromatic rings. The molecule has 1 fully saturated rings. The van der Waals surface area contributed by atoms with Crippen molar-refractivity contribution < 1.29 is 0 Å². The molecule has 0 saturated heterocycles. The van der Waals surface area contributed by atoms with Gasteiger partial charge in [0.05, 0.1) is 0 Å². The first-order valence-electron chi connectivity index (χ1n) is 6.84. The minimum atomic E-state index is 0.471. The van der Waals surface area contributed by atoms with Crippen LogP contribution in [0.25, 0.3) is 0 Å². The molecule has 0 aliphatic heterocycles. The molecular formula is C15H24N2. The highest BCUT2D eigenvalue weighted by molar-refractivity contribution is 5.56. The van der Waals surface area contributed by atoms with Gasteiger partial charge in [0.2, 0.25) is 0 Å². The molecule has 0 heterocycles. The molecule has 1 unspecified atom stereocenters. The first-order chi connectivity index (χ1) is 8.31. The van der Waals surface area contributed by atoms with Crippen LogP contribution < -0.4 is 10.2 Å². The fourth-order valence-electron chi connectivity index (χ4n) is 2.63. The van der Waals surface area contributed by atoms with Crippen molar-refractivity contribution in [3.8, 4) is 0 Å². The molecule has 1 atom stereocenters. The van der Waals surface area contributed by atoms with Crippen molar-refractivity contribution in [2.75, 3.05) is 18.5 Å². The van der Waals surface area contributed by atoms with Crippen molar-refractivity contribution in [3.63, 3.8) is 0 Å². The van der Waals surface area contributed by atoms with E-state index in [0.29, 0.717) is 6.04 Å². The maximum Gasteiger partial charge on any atom is 0.0417 e. The van der Waals surface area contributed by atoms with Crippen LogP contribution in [-0.4, -0.2) is 19.6 Å². The predicted molar refractivity (Wildman–Crippen MR) is 74.6 cm³/mol. The van der Waals surface area contributed by atoms with Crippen LogP contribution in [-0.2, 0) is 0 Å². The second-order valence-electron chi connectivity index (χ2n) is 4.83. The van der Waals surface area contributed by atoms with Gasteiger partial charge in [-0.15, -0.1) is 0 Å².